The van der Waals surface area contributed by atoms with Crippen molar-refractivity contribution in [3.8, 4) is 0 Å². The normalized spacial score (nSPS) is 12.2. The number of rotatable bonds is 5. The number of benzene rings is 1. The van der Waals surface area contributed by atoms with E-state index in [2.05, 4.69) is 29.1 Å². The van der Waals surface area contributed by atoms with E-state index in [9.17, 15) is 0 Å². The Labute approximate surface area is 129 Å². The maximum absolute atomic E-state index is 6.03. The molecular formula is C15H17Cl2N3. The number of nitrogens with one attached hydrogen (secondary N) is 1. The molecule has 0 bridgehead atoms. The quantitative estimate of drug-likeness (QED) is 0.797. The van der Waals surface area contributed by atoms with E-state index in [-0.39, 0.29) is 6.04 Å². The molecule has 1 atom stereocenters. The lowest BCUT2D eigenvalue weighted by Crippen LogP contribution is -2.09. The van der Waals surface area contributed by atoms with Crippen LogP contribution in [0.3, 0.4) is 0 Å². The lowest BCUT2D eigenvalue weighted by Gasteiger charge is -2.16. The fraction of sp³-hybridized carbons (Fsp3) is 0.333. The van der Waals surface area contributed by atoms with Gasteiger partial charge in [0, 0.05) is 23.6 Å². The second-order valence-electron chi connectivity index (χ2n) is 4.66. The van der Waals surface area contributed by atoms with Gasteiger partial charge in [-0.15, -0.1) is 0 Å². The third-order valence-electron chi connectivity index (χ3n) is 2.93. The Balaban J connectivity index is 2.16. The Morgan fingerprint density at radius 1 is 1.20 bits per heavy atom. The summed E-state index contributed by atoms with van der Waals surface area (Å²) in [7, 11) is 0. The maximum atomic E-state index is 6.03. The molecule has 0 aliphatic carbocycles. The predicted octanol–water partition coefficient (Wildman–Crippen LogP) is 4.91. The van der Waals surface area contributed by atoms with Gasteiger partial charge in [0.1, 0.15) is 16.8 Å². The number of halogens is 2. The second kappa shape index (κ2) is 6.91. The predicted molar refractivity (Wildman–Crippen MR) is 84.5 cm³/mol. The van der Waals surface area contributed by atoms with Crippen molar-refractivity contribution in [2.45, 2.75) is 32.7 Å². The van der Waals surface area contributed by atoms with Crippen LogP contribution in [0.25, 0.3) is 0 Å². The van der Waals surface area contributed by atoms with E-state index < -0.39 is 0 Å². The van der Waals surface area contributed by atoms with Crippen LogP contribution >= 0.6 is 23.2 Å². The number of hydrogen-bond donors (Lipinski definition) is 1. The molecule has 0 spiro atoms. The summed E-state index contributed by atoms with van der Waals surface area (Å²) in [5, 5.41) is 4.52. The number of nitrogens with zero attached hydrogens (tertiary/aromatic N) is 2. The highest BCUT2D eigenvalue weighted by Crippen LogP contribution is 2.22. The SMILES string of the molecule is CCCc1nc(Cl)cc(NC(C)c2cccc(Cl)c2)n1. The van der Waals surface area contributed by atoms with Gasteiger partial charge in [-0.1, -0.05) is 42.3 Å². The minimum Gasteiger partial charge on any atom is -0.363 e. The van der Waals surface area contributed by atoms with Crippen molar-refractivity contribution in [3.05, 3.63) is 51.9 Å². The fourth-order valence-corrected chi connectivity index (χ4v) is 2.35. The molecule has 106 valence electrons. The average molecular weight is 310 g/mol. The molecule has 20 heavy (non-hydrogen) atoms. The lowest BCUT2D eigenvalue weighted by atomic mass is 10.1. The standard InChI is InChI=1S/C15H17Cl2N3/c1-3-5-14-19-13(17)9-15(20-14)18-10(2)11-6-4-7-12(16)8-11/h4,6-10H,3,5H2,1-2H3,(H,18,19,20). The highest BCUT2D eigenvalue weighted by molar-refractivity contribution is 6.30. The first-order chi connectivity index (χ1) is 9.58. The maximum Gasteiger partial charge on any atom is 0.134 e. The molecule has 0 radical (unpaired) electrons. The van der Waals surface area contributed by atoms with E-state index in [0.29, 0.717) is 5.15 Å². The summed E-state index contributed by atoms with van der Waals surface area (Å²) in [4.78, 5) is 8.68. The van der Waals surface area contributed by atoms with Crippen LogP contribution in [0.2, 0.25) is 10.2 Å². The number of hydrogen-bond acceptors (Lipinski definition) is 3. The molecule has 0 saturated carbocycles. The summed E-state index contributed by atoms with van der Waals surface area (Å²) < 4.78 is 0. The lowest BCUT2D eigenvalue weighted by molar-refractivity contribution is 0.819. The topological polar surface area (TPSA) is 37.8 Å². The molecular weight excluding hydrogens is 293 g/mol. The third kappa shape index (κ3) is 4.09. The Morgan fingerprint density at radius 3 is 2.70 bits per heavy atom. The highest BCUT2D eigenvalue weighted by atomic mass is 35.5. The van der Waals surface area contributed by atoms with Gasteiger partial charge < -0.3 is 5.32 Å². The van der Waals surface area contributed by atoms with Crippen molar-refractivity contribution in [2.24, 2.45) is 0 Å². The second-order valence-corrected chi connectivity index (χ2v) is 5.49. The van der Waals surface area contributed by atoms with E-state index in [1.165, 1.54) is 0 Å². The Hall–Kier alpha value is -1.32. The molecule has 1 unspecified atom stereocenters. The third-order valence-corrected chi connectivity index (χ3v) is 3.36. The van der Waals surface area contributed by atoms with Crippen molar-refractivity contribution < 1.29 is 0 Å². The first-order valence-corrected chi connectivity index (χ1v) is 7.39. The van der Waals surface area contributed by atoms with Crippen molar-refractivity contribution in [1.82, 2.24) is 9.97 Å². The zero-order valence-corrected chi connectivity index (χ0v) is 13.0. The Morgan fingerprint density at radius 2 is 2.00 bits per heavy atom. The van der Waals surface area contributed by atoms with E-state index in [1.807, 2.05) is 24.3 Å². The molecule has 5 heteroatoms. The summed E-state index contributed by atoms with van der Waals surface area (Å²) in [5.74, 6) is 1.50. The van der Waals surface area contributed by atoms with Gasteiger partial charge in [0.05, 0.1) is 0 Å². The van der Waals surface area contributed by atoms with Gasteiger partial charge in [0.2, 0.25) is 0 Å². The number of anilines is 1. The first-order valence-electron chi connectivity index (χ1n) is 6.64. The monoisotopic (exact) mass is 309 g/mol. The van der Waals surface area contributed by atoms with Gasteiger partial charge in [-0.25, -0.2) is 9.97 Å². The van der Waals surface area contributed by atoms with Crippen LogP contribution in [0, 0.1) is 0 Å². The van der Waals surface area contributed by atoms with Gasteiger partial charge in [0.15, 0.2) is 0 Å². The minimum atomic E-state index is 0.0918. The van der Waals surface area contributed by atoms with Crippen LogP contribution in [0.1, 0.15) is 37.7 Å². The molecule has 0 aliphatic heterocycles. The van der Waals surface area contributed by atoms with E-state index in [0.717, 1.165) is 35.1 Å². The average Bonchev–Trinajstić information content (AvgIpc) is 2.38. The molecule has 0 fully saturated rings. The van der Waals surface area contributed by atoms with Crippen LogP contribution in [0.5, 0.6) is 0 Å². The molecule has 1 N–H and O–H groups in total. The fourth-order valence-electron chi connectivity index (χ4n) is 1.96. The van der Waals surface area contributed by atoms with Crippen molar-refractivity contribution in [1.29, 1.82) is 0 Å². The van der Waals surface area contributed by atoms with Gasteiger partial charge in [-0.05, 0) is 31.0 Å². The summed E-state index contributed by atoms with van der Waals surface area (Å²) in [6, 6.07) is 9.59. The van der Waals surface area contributed by atoms with Gasteiger partial charge in [-0.2, -0.15) is 0 Å². The summed E-state index contributed by atoms with van der Waals surface area (Å²) in [6.45, 7) is 4.15. The molecule has 2 rings (SSSR count). The van der Waals surface area contributed by atoms with Crippen LogP contribution in [-0.2, 0) is 6.42 Å². The smallest absolute Gasteiger partial charge is 0.134 e. The summed E-state index contributed by atoms with van der Waals surface area (Å²) in [5.41, 5.74) is 1.10. The molecule has 1 aromatic carbocycles. The van der Waals surface area contributed by atoms with Crippen LogP contribution in [0.4, 0.5) is 5.82 Å². The van der Waals surface area contributed by atoms with Crippen molar-refractivity contribution in [3.63, 3.8) is 0 Å². The van der Waals surface area contributed by atoms with Crippen molar-refractivity contribution in [2.75, 3.05) is 5.32 Å². The first kappa shape index (κ1) is 15.1. The van der Waals surface area contributed by atoms with Gasteiger partial charge in [0.25, 0.3) is 0 Å². The molecule has 0 aliphatic rings. The molecule has 2 aromatic rings. The van der Waals surface area contributed by atoms with E-state index in [1.54, 1.807) is 6.07 Å². The molecule has 1 aromatic heterocycles. The zero-order chi connectivity index (χ0) is 14.5. The van der Waals surface area contributed by atoms with Crippen LogP contribution < -0.4 is 5.32 Å². The number of aromatic nitrogens is 2. The minimum absolute atomic E-state index is 0.0918. The summed E-state index contributed by atoms with van der Waals surface area (Å²) >= 11 is 12.0. The van der Waals surface area contributed by atoms with Crippen molar-refractivity contribution >= 4 is 29.0 Å². The van der Waals surface area contributed by atoms with Crippen LogP contribution in [-0.4, -0.2) is 9.97 Å². The Kier molecular flexibility index (Phi) is 5.21. The van der Waals surface area contributed by atoms with E-state index in [4.69, 9.17) is 23.2 Å². The zero-order valence-electron chi connectivity index (χ0n) is 11.5. The molecule has 3 nitrogen and oxygen atoms in total. The molecule has 0 saturated heterocycles. The summed E-state index contributed by atoms with van der Waals surface area (Å²) in [6.07, 6.45) is 1.81. The molecule has 0 amide bonds. The number of aryl methyl sites for hydroxylation is 1. The van der Waals surface area contributed by atoms with E-state index >= 15 is 0 Å². The van der Waals surface area contributed by atoms with Gasteiger partial charge in [-0.3, -0.25) is 0 Å². The highest BCUT2D eigenvalue weighted by Gasteiger charge is 2.09. The largest absolute Gasteiger partial charge is 0.363 e. The van der Waals surface area contributed by atoms with Crippen LogP contribution in [0.15, 0.2) is 30.3 Å². The van der Waals surface area contributed by atoms with Gasteiger partial charge >= 0.3 is 0 Å². The molecule has 1 heterocycles. The Bertz CT molecular complexity index is 587.